The van der Waals surface area contributed by atoms with Crippen molar-refractivity contribution >= 4 is 50.0 Å². The fraction of sp³-hybridized carbons (Fsp3) is 0.143. The number of nitrogens with zero attached hydrogens (tertiary/aromatic N) is 2. The molecule has 0 bridgehead atoms. The van der Waals surface area contributed by atoms with Crippen LogP contribution in [0.15, 0.2) is 83.0 Å². The minimum atomic E-state index is -1.14. The minimum absolute atomic E-state index is 0.0859. The molecule has 2 N–H and O–H groups in total. The van der Waals surface area contributed by atoms with Crippen molar-refractivity contribution in [3.8, 4) is 5.75 Å². The van der Waals surface area contributed by atoms with Crippen LogP contribution in [0.25, 0.3) is 16.7 Å². The molecule has 1 aliphatic rings. The number of Topliss-reactive ketones (excluding diaryl/α,β-unsaturated/α-hetero) is 1. The lowest BCUT2D eigenvalue weighted by Crippen LogP contribution is -2.32. The molecule has 1 saturated heterocycles. The lowest BCUT2D eigenvalue weighted by atomic mass is 9.94. The van der Waals surface area contributed by atoms with Gasteiger partial charge in [-0.25, -0.2) is 0 Å². The van der Waals surface area contributed by atoms with Crippen molar-refractivity contribution in [2.45, 2.75) is 12.5 Å². The van der Waals surface area contributed by atoms with E-state index in [2.05, 4.69) is 20.9 Å². The zero-order valence-corrected chi connectivity index (χ0v) is 21.8. The summed E-state index contributed by atoms with van der Waals surface area (Å²) in [7, 11) is 1.57. The molecule has 192 valence electrons. The summed E-state index contributed by atoms with van der Waals surface area (Å²) in [6.07, 6.45) is 2.18. The van der Waals surface area contributed by atoms with Gasteiger partial charge in [-0.05, 0) is 48.4 Å². The first kappa shape index (κ1) is 25.2. The van der Waals surface area contributed by atoms with E-state index in [0.717, 1.165) is 20.9 Å². The van der Waals surface area contributed by atoms with E-state index in [1.807, 2.05) is 24.4 Å². The molecule has 1 amide bonds. The van der Waals surface area contributed by atoms with E-state index in [1.165, 1.54) is 23.1 Å². The van der Waals surface area contributed by atoms with Crippen LogP contribution in [0.5, 0.6) is 5.75 Å². The maximum Gasteiger partial charge on any atom is 0.295 e. The Morgan fingerprint density at radius 1 is 1.13 bits per heavy atom. The van der Waals surface area contributed by atoms with Crippen molar-refractivity contribution in [1.29, 1.82) is 0 Å². The molecule has 38 heavy (non-hydrogen) atoms. The molecule has 1 aliphatic heterocycles. The number of aliphatic hydroxyl groups excluding tert-OH is 1. The SMILES string of the molecule is COc1ccc2[nH]cc(CCN3C(=O)C(=O)C(=C(O)c4ccc(Br)cc4)[C@H]3c3ccccc3[N+](=O)[O-])c2c1. The largest absolute Gasteiger partial charge is 0.507 e. The number of nitro benzene ring substituents is 1. The monoisotopic (exact) mass is 575 g/mol. The third-order valence-corrected chi connectivity index (χ3v) is 7.21. The van der Waals surface area contributed by atoms with E-state index >= 15 is 0 Å². The van der Waals surface area contributed by atoms with E-state index < -0.39 is 28.4 Å². The van der Waals surface area contributed by atoms with Gasteiger partial charge >= 0.3 is 0 Å². The molecule has 1 atom stereocenters. The Hall–Kier alpha value is -4.44. The van der Waals surface area contributed by atoms with Crippen molar-refractivity contribution < 1.29 is 24.4 Å². The van der Waals surface area contributed by atoms with E-state index in [-0.39, 0.29) is 23.4 Å². The molecule has 0 unspecified atom stereocenters. The zero-order valence-electron chi connectivity index (χ0n) is 20.2. The van der Waals surface area contributed by atoms with Gasteiger partial charge in [0.1, 0.15) is 11.5 Å². The number of aromatic amines is 1. The van der Waals surface area contributed by atoms with E-state index in [0.29, 0.717) is 17.7 Å². The average Bonchev–Trinajstić information content (AvgIpc) is 3.44. The van der Waals surface area contributed by atoms with Crippen LogP contribution in [-0.4, -0.2) is 45.3 Å². The van der Waals surface area contributed by atoms with Gasteiger partial charge in [0.2, 0.25) is 0 Å². The van der Waals surface area contributed by atoms with Crippen LogP contribution < -0.4 is 4.74 Å². The number of likely N-dealkylation sites (tertiary alicyclic amines) is 1. The van der Waals surface area contributed by atoms with Gasteiger partial charge in [0.25, 0.3) is 17.4 Å². The fourth-order valence-electron chi connectivity index (χ4n) is 4.81. The Kier molecular flexibility index (Phi) is 6.73. The summed E-state index contributed by atoms with van der Waals surface area (Å²) < 4.78 is 6.10. The summed E-state index contributed by atoms with van der Waals surface area (Å²) in [5, 5.41) is 24.0. The maximum atomic E-state index is 13.3. The first-order chi connectivity index (χ1) is 18.3. The highest BCUT2D eigenvalue weighted by atomic mass is 79.9. The molecule has 2 heterocycles. The van der Waals surface area contributed by atoms with Gasteiger partial charge in [0, 0.05) is 39.7 Å². The molecule has 4 aromatic rings. The number of aromatic nitrogens is 1. The molecule has 0 radical (unpaired) electrons. The Balaban J connectivity index is 1.60. The normalized spacial score (nSPS) is 16.8. The number of halogens is 1. The van der Waals surface area contributed by atoms with Crippen molar-refractivity contribution in [2.75, 3.05) is 13.7 Å². The number of aliphatic hydroxyl groups is 1. The quantitative estimate of drug-likeness (QED) is 0.0983. The molecule has 3 aromatic carbocycles. The number of fused-ring (bicyclic) bond motifs is 1. The molecule has 9 nitrogen and oxygen atoms in total. The van der Waals surface area contributed by atoms with Crippen molar-refractivity contribution in [3.63, 3.8) is 0 Å². The number of ether oxygens (including phenoxy) is 1. The molecule has 0 spiro atoms. The predicted octanol–water partition coefficient (Wildman–Crippen LogP) is 5.51. The van der Waals surface area contributed by atoms with Gasteiger partial charge in [-0.3, -0.25) is 19.7 Å². The van der Waals surface area contributed by atoms with Crippen LogP contribution in [0.2, 0.25) is 0 Å². The van der Waals surface area contributed by atoms with Gasteiger partial charge < -0.3 is 19.7 Å². The molecule has 1 aromatic heterocycles. The summed E-state index contributed by atoms with van der Waals surface area (Å²) in [5.74, 6) is -1.44. The number of carbonyl (C=O) groups excluding carboxylic acids is 2. The van der Waals surface area contributed by atoms with Gasteiger partial charge in [-0.1, -0.05) is 40.2 Å². The standard InChI is InChI=1S/C28H22BrN3O6/c1-38-19-10-11-22-21(14-19)17(15-30-22)12-13-31-25(20-4-2-3-5-23(20)32(36)37)24(27(34)28(31)35)26(33)16-6-8-18(29)9-7-16/h2-11,14-15,25,30,33H,12-13H2,1H3/t25-/m1/s1. The van der Waals surface area contributed by atoms with Crippen LogP contribution >= 0.6 is 15.9 Å². The smallest absolute Gasteiger partial charge is 0.295 e. The Morgan fingerprint density at radius 2 is 1.87 bits per heavy atom. The zero-order chi connectivity index (χ0) is 27.0. The number of ketones is 1. The summed E-state index contributed by atoms with van der Waals surface area (Å²) in [6.45, 7) is 0.0859. The number of H-pyrrole nitrogens is 1. The summed E-state index contributed by atoms with van der Waals surface area (Å²) in [5.41, 5.74) is 1.80. The van der Waals surface area contributed by atoms with Gasteiger partial charge in [-0.15, -0.1) is 0 Å². The molecule has 0 aliphatic carbocycles. The second kappa shape index (κ2) is 10.1. The second-order valence-corrected chi connectivity index (χ2v) is 9.71. The highest BCUT2D eigenvalue weighted by molar-refractivity contribution is 9.10. The first-order valence-electron chi connectivity index (χ1n) is 11.7. The number of carbonyl (C=O) groups is 2. The van der Waals surface area contributed by atoms with Crippen LogP contribution in [0, 0.1) is 10.1 Å². The first-order valence-corrected chi connectivity index (χ1v) is 12.5. The number of hydrogen-bond donors (Lipinski definition) is 2. The number of rotatable bonds is 7. The molecule has 10 heteroatoms. The number of benzene rings is 3. The van der Waals surface area contributed by atoms with Crippen LogP contribution in [0.3, 0.4) is 0 Å². The molecule has 0 saturated carbocycles. The van der Waals surface area contributed by atoms with Crippen molar-refractivity contribution in [1.82, 2.24) is 9.88 Å². The number of amides is 1. The molecular formula is C28H22BrN3O6. The predicted molar refractivity (Wildman–Crippen MR) is 145 cm³/mol. The van der Waals surface area contributed by atoms with E-state index in [9.17, 15) is 24.8 Å². The highest BCUT2D eigenvalue weighted by Gasteiger charge is 2.47. The third kappa shape index (κ3) is 4.43. The van der Waals surface area contributed by atoms with Crippen LogP contribution in [0.4, 0.5) is 5.69 Å². The Labute approximate surface area is 225 Å². The summed E-state index contributed by atoms with van der Waals surface area (Å²) in [6, 6.07) is 17.0. The lowest BCUT2D eigenvalue weighted by molar-refractivity contribution is -0.385. The van der Waals surface area contributed by atoms with E-state index in [1.54, 1.807) is 37.4 Å². The summed E-state index contributed by atoms with van der Waals surface area (Å²) >= 11 is 3.34. The highest BCUT2D eigenvalue weighted by Crippen LogP contribution is 2.42. The van der Waals surface area contributed by atoms with Crippen LogP contribution in [-0.2, 0) is 16.0 Å². The Bertz CT molecular complexity index is 1610. The average molecular weight is 576 g/mol. The minimum Gasteiger partial charge on any atom is -0.507 e. The second-order valence-electron chi connectivity index (χ2n) is 8.79. The van der Waals surface area contributed by atoms with Gasteiger partial charge in [0.15, 0.2) is 0 Å². The fourth-order valence-corrected chi connectivity index (χ4v) is 5.08. The lowest BCUT2D eigenvalue weighted by Gasteiger charge is -2.25. The third-order valence-electron chi connectivity index (χ3n) is 6.68. The van der Waals surface area contributed by atoms with Crippen molar-refractivity contribution in [3.05, 3.63) is 110 Å². The van der Waals surface area contributed by atoms with Crippen LogP contribution in [0.1, 0.15) is 22.7 Å². The Morgan fingerprint density at radius 3 is 2.58 bits per heavy atom. The number of methoxy groups -OCH3 is 1. The molecule has 1 fully saturated rings. The van der Waals surface area contributed by atoms with Gasteiger partial charge in [-0.2, -0.15) is 0 Å². The number of nitrogens with one attached hydrogen (secondary N) is 1. The van der Waals surface area contributed by atoms with Crippen molar-refractivity contribution in [2.24, 2.45) is 0 Å². The van der Waals surface area contributed by atoms with Gasteiger partial charge in [0.05, 0.1) is 29.2 Å². The molecular weight excluding hydrogens is 554 g/mol. The topological polar surface area (TPSA) is 126 Å². The number of hydrogen-bond acceptors (Lipinski definition) is 6. The summed E-state index contributed by atoms with van der Waals surface area (Å²) in [4.78, 5) is 42.5. The van der Waals surface area contributed by atoms with E-state index in [4.69, 9.17) is 4.74 Å². The number of nitro groups is 1. The molecule has 5 rings (SSSR count). The number of para-hydroxylation sites is 1. The maximum absolute atomic E-state index is 13.3.